The molecule has 11 atom stereocenters. The number of aliphatic hydroxyl groups excluding tert-OH is 2. The lowest BCUT2D eigenvalue weighted by molar-refractivity contribution is -0.346. The first-order valence-corrected chi connectivity index (χ1v) is 20.9. The summed E-state index contributed by atoms with van der Waals surface area (Å²) in [6.45, 7) is 7.99. The number of aliphatic hydroxyl groups is 3. The Morgan fingerprint density at radius 1 is 0.902 bits per heavy atom. The summed E-state index contributed by atoms with van der Waals surface area (Å²) < 4.78 is 30.2. The van der Waals surface area contributed by atoms with Crippen molar-refractivity contribution in [3.05, 3.63) is 105 Å². The smallest absolute Gasteiger partial charge is 0.339 e. The quantitative estimate of drug-likeness (QED) is 0.130. The maximum atomic E-state index is 15.4. The van der Waals surface area contributed by atoms with Crippen molar-refractivity contribution in [1.82, 2.24) is 5.32 Å². The molecule has 61 heavy (non-hydrogen) atoms. The highest BCUT2D eigenvalue weighted by atomic mass is 32.1. The molecule has 1 aliphatic heterocycles. The first kappa shape index (κ1) is 43.8. The molecule has 3 fully saturated rings. The van der Waals surface area contributed by atoms with E-state index in [0.29, 0.717) is 5.56 Å². The Labute approximate surface area is 356 Å². The molecule has 1 saturated heterocycles. The van der Waals surface area contributed by atoms with Gasteiger partial charge in [-0.05, 0) is 54.1 Å². The molecule has 2 saturated carbocycles. The molecule has 3 aromatic rings. The van der Waals surface area contributed by atoms with Crippen LogP contribution in [-0.4, -0.2) is 105 Å². The summed E-state index contributed by atoms with van der Waals surface area (Å²) in [5, 5.41) is 43.3. The van der Waals surface area contributed by atoms with Gasteiger partial charge in [0.25, 0.3) is 5.91 Å². The van der Waals surface area contributed by atoms with Gasteiger partial charge in [-0.2, -0.15) is 11.3 Å². The monoisotopic (exact) mass is 859 g/mol. The van der Waals surface area contributed by atoms with Crippen molar-refractivity contribution < 1.29 is 67.8 Å². The first-order chi connectivity index (χ1) is 28.8. The lowest BCUT2D eigenvalue weighted by atomic mass is 9.44. The fourth-order valence-corrected chi connectivity index (χ4v) is 10.6. The van der Waals surface area contributed by atoms with E-state index in [9.17, 15) is 39.3 Å². The number of esters is 4. The summed E-state index contributed by atoms with van der Waals surface area (Å²) in [7, 11) is 0. The van der Waals surface area contributed by atoms with Crippen LogP contribution in [-0.2, 0) is 42.9 Å². The van der Waals surface area contributed by atoms with E-state index in [2.05, 4.69) is 5.32 Å². The summed E-state index contributed by atoms with van der Waals surface area (Å²) in [5.41, 5.74) is -6.92. The number of ketones is 1. The number of hydrogen-bond acceptors (Lipinski definition) is 15. The van der Waals surface area contributed by atoms with Crippen molar-refractivity contribution >= 4 is 46.9 Å². The number of nitrogens with one attached hydrogen (secondary N) is 1. The van der Waals surface area contributed by atoms with Crippen molar-refractivity contribution in [3.63, 3.8) is 0 Å². The predicted octanol–water partition coefficient (Wildman–Crippen LogP) is 3.80. The minimum Gasteiger partial charge on any atom is -0.456 e. The molecule has 16 heteroatoms. The molecule has 0 spiro atoms. The third-order valence-corrected chi connectivity index (χ3v) is 13.9. The van der Waals surface area contributed by atoms with E-state index in [1.807, 2.05) is 0 Å². The maximum Gasteiger partial charge on any atom is 0.339 e. The van der Waals surface area contributed by atoms with Crippen molar-refractivity contribution in [2.75, 3.05) is 6.61 Å². The van der Waals surface area contributed by atoms with Crippen LogP contribution in [0, 0.1) is 16.7 Å². The van der Waals surface area contributed by atoms with Crippen LogP contribution in [0.2, 0.25) is 0 Å². The maximum absolute atomic E-state index is 15.4. The number of ether oxygens (including phenoxy) is 5. The number of fused-ring (bicyclic) bond motifs is 5. The zero-order valence-corrected chi connectivity index (χ0v) is 35.3. The van der Waals surface area contributed by atoms with Crippen LogP contribution in [0.4, 0.5) is 0 Å². The first-order valence-electron chi connectivity index (χ1n) is 19.9. The lowest BCUT2D eigenvalue weighted by Crippen LogP contribution is -2.82. The van der Waals surface area contributed by atoms with Gasteiger partial charge in [0.1, 0.15) is 23.9 Å². The molecule has 1 aromatic heterocycles. The average molecular weight is 860 g/mol. The normalized spacial score (nSPS) is 32.2. The minimum atomic E-state index is -2.38. The number of Topliss-reactive ketones (excluding diaryl/α,β-unsaturated/α-hetero) is 1. The van der Waals surface area contributed by atoms with Gasteiger partial charge in [-0.3, -0.25) is 19.2 Å². The second-order valence-electron chi connectivity index (χ2n) is 17.0. The summed E-state index contributed by atoms with van der Waals surface area (Å²) >= 11 is 1.21. The Balaban J connectivity index is 1.38. The van der Waals surface area contributed by atoms with E-state index in [-0.39, 0.29) is 35.3 Å². The number of carbonyl (C=O) groups is 6. The largest absolute Gasteiger partial charge is 0.456 e. The molecule has 3 aliphatic carbocycles. The van der Waals surface area contributed by atoms with Crippen molar-refractivity contribution in [1.29, 1.82) is 0 Å². The molecule has 1 amide bonds. The summed E-state index contributed by atoms with van der Waals surface area (Å²) in [6, 6.07) is 16.6. The number of thiophene rings is 1. The highest BCUT2D eigenvalue weighted by molar-refractivity contribution is 7.08. The van der Waals surface area contributed by atoms with E-state index in [1.54, 1.807) is 79.9 Å². The SMILES string of the molecule is CC(=O)O[C@H]1C(=O)[C@@]2(C)C([C@H](OC(=O)c3ccsc3)[C@]3(O)C[C@H](OC(=O)[C@H](O)[C@@H](NC(=O)c4ccccc4)c4ccccc4)C(C)=C1C3(C)C)[C@]1(OC(C)=O)CO[C@@H]1C[C@@H]2O. The molecule has 0 radical (unpaired) electrons. The van der Waals surface area contributed by atoms with Crippen molar-refractivity contribution in [3.8, 4) is 0 Å². The number of benzene rings is 2. The van der Waals surface area contributed by atoms with Crippen LogP contribution in [0.15, 0.2) is 88.6 Å². The third-order valence-electron chi connectivity index (χ3n) is 13.2. The Hall–Kier alpha value is -5.26. The van der Waals surface area contributed by atoms with Gasteiger partial charge in [-0.1, -0.05) is 62.4 Å². The number of hydrogen-bond donors (Lipinski definition) is 4. The van der Waals surface area contributed by atoms with Gasteiger partial charge in [-0.25, -0.2) is 9.59 Å². The zero-order valence-electron chi connectivity index (χ0n) is 34.5. The second-order valence-corrected chi connectivity index (χ2v) is 17.8. The Kier molecular flexibility index (Phi) is 11.6. The molecule has 15 nitrogen and oxygen atoms in total. The average Bonchev–Trinajstić information content (AvgIpc) is 3.77. The molecule has 1 unspecified atom stereocenters. The van der Waals surface area contributed by atoms with Gasteiger partial charge in [0.2, 0.25) is 0 Å². The number of amides is 1. The molecule has 4 N–H and O–H groups in total. The summed E-state index contributed by atoms with van der Waals surface area (Å²) in [5.74, 6) is -6.78. The highest BCUT2D eigenvalue weighted by Gasteiger charge is 2.78. The molecule has 324 valence electrons. The topological polar surface area (TPSA) is 221 Å². The van der Waals surface area contributed by atoms with Gasteiger partial charge in [-0.15, -0.1) is 0 Å². The molecular formula is C45H49NO14S. The van der Waals surface area contributed by atoms with Crippen molar-refractivity contribution in [2.45, 2.75) is 108 Å². The standard InChI is InChI=1S/C45H49NO14S/c1-23-29(58-41(54)34(50)33(26-13-9-7-10-14-26)46-39(52)27-15-11-8-12-16-27)20-45(55)38(59-40(53)28-17-18-61-21-28)36-43(6,30(49)19-31-44(36,22-56-31)60-25(3)48)37(51)35(57-24(2)47)32(23)42(45,4)5/h7-18,21,29-31,33-36,38,49-50,55H,19-20,22H2,1-6H3,(H,46,52)/t29-,30-,31+,33-,34+,35+,36?,38-,43+,44-,45+/m0/s1. The number of rotatable bonds is 10. The highest BCUT2D eigenvalue weighted by Crippen LogP contribution is 2.64. The van der Waals surface area contributed by atoms with Gasteiger partial charge < -0.3 is 44.3 Å². The molecule has 2 bridgehead atoms. The molecule has 2 aromatic carbocycles. The Bertz CT molecular complexity index is 2240. The van der Waals surface area contributed by atoms with Crippen LogP contribution in [0.3, 0.4) is 0 Å². The van der Waals surface area contributed by atoms with Crippen LogP contribution < -0.4 is 5.32 Å². The molecular weight excluding hydrogens is 811 g/mol. The van der Waals surface area contributed by atoms with Gasteiger partial charge in [0.15, 0.2) is 23.6 Å². The van der Waals surface area contributed by atoms with Crippen LogP contribution in [0.1, 0.15) is 86.7 Å². The second kappa shape index (κ2) is 16.2. The minimum absolute atomic E-state index is 0.00251. The molecule has 4 aliphatic rings. The van der Waals surface area contributed by atoms with Crippen LogP contribution >= 0.6 is 11.3 Å². The van der Waals surface area contributed by atoms with Crippen LogP contribution in [0.25, 0.3) is 0 Å². The Morgan fingerprint density at radius 3 is 2.13 bits per heavy atom. The summed E-state index contributed by atoms with van der Waals surface area (Å²) in [4.78, 5) is 83.2. The van der Waals surface area contributed by atoms with Gasteiger partial charge >= 0.3 is 23.9 Å². The van der Waals surface area contributed by atoms with E-state index < -0.39 is 113 Å². The number of carbonyl (C=O) groups excluding carboxylic acids is 6. The summed E-state index contributed by atoms with van der Waals surface area (Å²) in [6.07, 6.45) is -10.4. The molecule has 7 rings (SSSR count). The fourth-order valence-electron chi connectivity index (χ4n) is 9.99. The predicted molar refractivity (Wildman–Crippen MR) is 216 cm³/mol. The zero-order chi connectivity index (χ0) is 44.2. The van der Waals surface area contributed by atoms with Crippen LogP contribution in [0.5, 0.6) is 0 Å². The van der Waals surface area contributed by atoms with E-state index in [1.165, 1.54) is 36.6 Å². The lowest BCUT2D eigenvalue weighted by Gasteiger charge is -2.67. The molecule has 2 heterocycles. The van der Waals surface area contributed by atoms with E-state index >= 15 is 4.79 Å². The van der Waals surface area contributed by atoms with Gasteiger partial charge in [0, 0.05) is 43.0 Å². The van der Waals surface area contributed by atoms with Crippen molar-refractivity contribution in [2.24, 2.45) is 16.7 Å². The van der Waals surface area contributed by atoms with Gasteiger partial charge in [0.05, 0.1) is 35.6 Å². The third kappa shape index (κ3) is 7.27. The van der Waals surface area contributed by atoms with E-state index in [4.69, 9.17) is 23.7 Å². The Morgan fingerprint density at radius 2 is 1.56 bits per heavy atom. The fraction of sp³-hybridized carbons (Fsp3) is 0.467. The van der Waals surface area contributed by atoms with E-state index in [0.717, 1.165) is 13.8 Å².